The number of allylic oxidation sites excluding steroid dienone is 1. The van der Waals surface area contributed by atoms with Crippen LogP contribution in [0, 0.1) is 11.3 Å². The fourth-order valence-corrected chi connectivity index (χ4v) is 3.58. The number of hydrogen-bond acceptors (Lipinski definition) is 5. The van der Waals surface area contributed by atoms with Gasteiger partial charge in [-0.05, 0) is 68.8 Å². The van der Waals surface area contributed by atoms with Gasteiger partial charge < -0.3 is 9.47 Å². The summed E-state index contributed by atoms with van der Waals surface area (Å²) in [7, 11) is -3.95. The highest BCUT2D eigenvalue weighted by Gasteiger charge is 2.21. The largest absolute Gasteiger partial charge is 0.490 e. The predicted molar refractivity (Wildman–Crippen MR) is 106 cm³/mol. The molecule has 0 spiro atoms. The summed E-state index contributed by atoms with van der Waals surface area (Å²) in [6.07, 6.45) is 1.27. The van der Waals surface area contributed by atoms with E-state index in [2.05, 4.69) is 0 Å². The zero-order chi connectivity index (χ0) is 20.0. The molecular weight excluding hydrogens is 386 g/mol. The van der Waals surface area contributed by atoms with Gasteiger partial charge in [-0.3, -0.25) is 0 Å². The SMILES string of the molecule is CCOc1cc(C=C(C#N)S(=O)(=O)c2ccc(Cl)cc2)ccc1OC(C)C. The maximum absolute atomic E-state index is 12.7. The summed E-state index contributed by atoms with van der Waals surface area (Å²) in [4.78, 5) is -0.366. The van der Waals surface area contributed by atoms with Crippen LogP contribution in [0.1, 0.15) is 26.3 Å². The molecule has 0 aliphatic heterocycles. The zero-order valence-corrected chi connectivity index (χ0v) is 16.8. The van der Waals surface area contributed by atoms with Crippen LogP contribution in [0.25, 0.3) is 6.08 Å². The van der Waals surface area contributed by atoms with E-state index < -0.39 is 9.84 Å². The van der Waals surface area contributed by atoms with Crippen LogP contribution in [0.2, 0.25) is 5.02 Å². The van der Waals surface area contributed by atoms with Crippen LogP contribution in [0.4, 0.5) is 0 Å². The molecule has 0 aliphatic rings. The van der Waals surface area contributed by atoms with Crippen molar-refractivity contribution in [1.29, 1.82) is 5.26 Å². The van der Waals surface area contributed by atoms with Gasteiger partial charge in [0, 0.05) is 5.02 Å². The highest BCUT2D eigenvalue weighted by Crippen LogP contribution is 2.31. The molecule has 0 heterocycles. The lowest BCUT2D eigenvalue weighted by molar-refractivity contribution is 0.224. The van der Waals surface area contributed by atoms with E-state index in [1.807, 2.05) is 20.8 Å². The summed E-state index contributed by atoms with van der Waals surface area (Å²) in [5.74, 6) is 1.05. The van der Waals surface area contributed by atoms with E-state index in [0.717, 1.165) is 0 Å². The Morgan fingerprint density at radius 1 is 1.19 bits per heavy atom. The Balaban J connectivity index is 2.46. The van der Waals surface area contributed by atoms with Crippen molar-refractivity contribution in [3.63, 3.8) is 0 Å². The van der Waals surface area contributed by atoms with Crippen LogP contribution in [0.15, 0.2) is 52.3 Å². The van der Waals surface area contributed by atoms with Crippen molar-refractivity contribution in [2.24, 2.45) is 0 Å². The van der Waals surface area contributed by atoms with E-state index in [4.69, 9.17) is 21.1 Å². The first kappa shape index (κ1) is 20.8. The van der Waals surface area contributed by atoms with Crippen molar-refractivity contribution in [1.82, 2.24) is 0 Å². The average molecular weight is 406 g/mol. The molecule has 2 rings (SSSR count). The van der Waals surface area contributed by atoms with Crippen LogP contribution < -0.4 is 9.47 Å². The Morgan fingerprint density at radius 3 is 2.41 bits per heavy atom. The number of hydrogen-bond donors (Lipinski definition) is 0. The minimum Gasteiger partial charge on any atom is -0.490 e. The Kier molecular flexibility index (Phi) is 6.89. The Hall–Kier alpha value is -2.49. The van der Waals surface area contributed by atoms with Gasteiger partial charge in [-0.2, -0.15) is 5.26 Å². The molecular formula is C20H20ClNO4S. The minimum atomic E-state index is -3.95. The maximum Gasteiger partial charge on any atom is 0.216 e. The summed E-state index contributed by atoms with van der Waals surface area (Å²) < 4.78 is 36.7. The monoisotopic (exact) mass is 405 g/mol. The molecule has 0 aliphatic carbocycles. The second-order valence-corrected chi connectivity index (χ2v) is 8.24. The Morgan fingerprint density at radius 2 is 1.85 bits per heavy atom. The number of ether oxygens (including phenoxy) is 2. The van der Waals surface area contributed by atoms with Gasteiger partial charge in [-0.15, -0.1) is 0 Å². The average Bonchev–Trinajstić information content (AvgIpc) is 2.61. The number of nitrogens with zero attached hydrogens (tertiary/aromatic N) is 1. The van der Waals surface area contributed by atoms with Gasteiger partial charge in [0.1, 0.15) is 11.0 Å². The molecule has 0 radical (unpaired) electrons. The highest BCUT2D eigenvalue weighted by molar-refractivity contribution is 7.95. The summed E-state index contributed by atoms with van der Waals surface area (Å²) in [5, 5.41) is 9.82. The van der Waals surface area contributed by atoms with Crippen LogP contribution in [-0.4, -0.2) is 21.1 Å². The van der Waals surface area contributed by atoms with E-state index >= 15 is 0 Å². The molecule has 0 amide bonds. The maximum atomic E-state index is 12.7. The van der Waals surface area contributed by atoms with Gasteiger partial charge in [-0.25, -0.2) is 8.42 Å². The Bertz CT molecular complexity index is 974. The van der Waals surface area contributed by atoms with E-state index in [1.54, 1.807) is 24.3 Å². The molecule has 0 fully saturated rings. The van der Waals surface area contributed by atoms with Gasteiger partial charge in [0.05, 0.1) is 17.6 Å². The summed E-state index contributed by atoms with van der Waals surface area (Å²) in [5.41, 5.74) is 0.517. The van der Waals surface area contributed by atoms with E-state index in [0.29, 0.717) is 28.7 Å². The number of sulfone groups is 1. The van der Waals surface area contributed by atoms with Crippen LogP contribution in [0.5, 0.6) is 11.5 Å². The fraction of sp³-hybridized carbons (Fsp3) is 0.250. The van der Waals surface area contributed by atoms with Gasteiger partial charge in [0.25, 0.3) is 0 Å². The van der Waals surface area contributed by atoms with E-state index in [1.165, 1.54) is 30.3 Å². The van der Waals surface area contributed by atoms with Crippen LogP contribution in [0.3, 0.4) is 0 Å². The second kappa shape index (κ2) is 8.94. The first-order valence-electron chi connectivity index (χ1n) is 8.34. The van der Waals surface area contributed by atoms with Gasteiger partial charge >= 0.3 is 0 Å². The van der Waals surface area contributed by atoms with E-state index in [-0.39, 0.29) is 15.9 Å². The molecule has 7 heteroatoms. The first-order valence-corrected chi connectivity index (χ1v) is 10.2. The molecule has 0 unspecified atom stereocenters. The van der Waals surface area contributed by atoms with Crippen molar-refractivity contribution in [2.45, 2.75) is 31.8 Å². The molecule has 142 valence electrons. The molecule has 0 N–H and O–H groups in total. The minimum absolute atomic E-state index is 0.00416. The lowest BCUT2D eigenvalue weighted by Crippen LogP contribution is -2.07. The lowest BCUT2D eigenvalue weighted by Gasteiger charge is -2.15. The Labute approximate surface area is 164 Å². The number of rotatable bonds is 7. The predicted octanol–water partition coefficient (Wildman–Crippen LogP) is 4.86. The molecule has 0 atom stereocenters. The van der Waals surface area contributed by atoms with Crippen molar-refractivity contribution in [3.8, 4) is 17.6 Å². The quantitative estimate of drug-likeness (QED) is 0.614. The third kappa shape index (κ3) is 5.25. The molecule has 27 heavy (non-hydrogen) atoms. The number of halogens is 1. The fourth-order valence-electron chi connectivity index (χ4n) is 2.30. The van der Waals surface area contributed by atoms with Crippen molar-refractivity contribution in [3.05, 3.63) is 58.0 Å². The lowest BCUT2D eigenvalue weighted by atomic mass is 10.2. The second-order valence-electron chi connectivity index (χ2n) is 5.88. The van der Waals surface area contributed by atoms with Crippen molar-refractivity contribution in [2.75, 3.05) is 6.61 Å². The topological polar surface area (TPSA) is 76.4 Å². The normalized spacial score (nSPS) is 11.9. The molecule has 0 aromatic heterocycles. The van der Waals surface area contributed by atoms with Crippen LogP contribution in [-0.2, 0) is 9.84 Å². The molecule has 2 aromatic rings. The smallest absolute Gasteiger partial charge is 0.216 e. The van der Waals surface area contributed by atoms with Gasteiger partial charge in [0.15, 0.2) is 11.5 Å². The third-order valence-electron chi connectivity index (χ3n) is 3.45. The van der Waals surface area contributed by atoms with Gasteiger partial charge in [-0.1, -0.05) is 17.7 Å². The standard InChI is InChI=1S/C20H20ClNO4S/c1-4-25-20-12-15(5-10-19(20)26-14(2)3)11-18(13-22)27(23,24)17-8-6-16(21)7-9-17/h5-12,14H,4H2,1-3H3. The summed E-state index contributed by atoms with van der Waals surface area (Å²) in [6, 6.07) is 12.5. The molecule has 0 saturated carbocycles. The summed E-state index contributed by atoms with van der Waals surface area (Å²) in [6.45, 7) is 6.06. The molecule has 0 saturated heterocycles. The zero-order valence-electron chi connectivity index (χ0n) is 15.3. The first-order chi connectivity index (χ1) is 12.8. The number of nitriles is 1. The van der Waals surface area contributed by atoms with Gasteiger partial charge in [0.2, 0.25) is 9.84 Å². The highest BCUT2D eigenvalue weighted by atomic mass is 35.5. The number of benzene rings is 2. The third-order valence-corrected chi connectivity index (χ3v) is 5.38. The van der Waals surface area contributed by atoms with E-state index in [9.17, 15) is 13.7 Å². The summed E-state index contributed by atoms with van der Waals surface area (Å²) >= 11 is 5.80. The van der Waals surface area contributed by atoms with Crippen LogP contribution >= 0.6 is 11.6 Å². The molecule has 0 bridgehead atoms. The van der Waals surface area contributed by atoms with Crippen molar-refractivity contribution < 1.29 is 17.9 Å². The molecule has 2 aromatic carbocycles. The van der Waals surface area contributed by atoms with Crippen molar-refractivity contribution >= 4 is 27.5 Å². The molecule has 5 nitrogen and oxygen atoms in total.